The minimum Gasteiger partial charge on any atom is -0.444 e. The third kappa shape index (κ3) is 14.4. The van der Waals surface area contributed by atoms with Gasteiger partial charge in [-0.3, -0.25) is 9.59 Å². The average Bonchev–Trinajstić information content (AvgIpc) is 3.93. The molecule has 0 aliphatic carbocycles. The standard InChI is InChI=1S/C23H35BN2O5.C23H26BrN5O3.C6H3BrIN3/c1-21(2,3)29-20(28)26-13-9-12-25(14-15-26)19(27)17-10-8-11-18(16-17)24-30-22(4,5)23(6,7)31-24;1-23(2,3)32-22(31)28-9-5-8-27(10-11-28)21(30)17-7-4-6-16(12-17)18-13-19(24)20-25-15-26-29(20)14-18;7-5-1-4(8)2-11-6(5)9-3-10-11/h8,10-11,16H,9,12-15H2,1-7H3;4,6-7,12-15H,5,8-11H2,1-3H3;1-3H. The molecule has 22 heteroatoms. The van der Waals surface area contributed by atoms with Gasteiger partial charge in [-0.15, -0.1) is 0 Å². The number of hydrogen-bond donors (Lipinski definition) is 0. The lowest BCUT2D eigenvalue weighted by Gasteiger charge is -2.32. The second kappa shape index (κ2) is 23.4. The van der Waals surface area contributed by atoms with Crippen LogP contribution < -0.4 is 5.46 Å². The van der Waals surface area contributed by atoms with Gasteiger partial charge in [0.1, 0.15) is 23.9 Å². The molecule has 0 N–H and O–H groups in total. The monoisotopic (exact) mass is 1250 g/mol. The van der Waals surface area contributed by atoms with Crippen molar-refractivity contribution in [2.45, 2.75) is 104 Å². The van der Waals surface area contributed by atoms with E-state index in [1.54, 1.807) is 28.6 Å². The highest BCUT2D eigenvalue weighted by molar-refractivity contribution is 14.1. The number of aromatic nitrogens is 6. The van der Waals surface area contributed by atoms with Crippen molar-refractivity contribution in [1.29, 1.82) is 0 Å². The Morgan fingerprint density at radius 2 is 1.04 bits per heavy atom. The summed E-state index contributed by atoms with van der Waals surface area (Å²) in [5.74, 6) is -0.0943. The highest BCUT2D eigenvalue weighted by atomic mass is 127. The van der Waals surface area contributed by atoms with Crippen LogP contribution in [0.1, 0.15) is 103 Å². The Labute approximate surface area is 463 Å². The van der Waals surface area contributed by atoms with Gasteiger partial charge in [-0.1, -0.05) is 24.3 Å². The molecule has 0 unspecified atom stereocenters. The Bertz CT molecular complexity index is 2980. The zero-order valence-electron chi connectivity index (χ0n) is 43.6. The van der Waals surface area contributed by atoms with Crippen LogP contribution in [0.25, 0.3) is 22.4 Å². The third-order valence-electron chi connectivity index (χ3n) is 12.6. The number of carbonyl (C=O) groups excluding carboxylic acids is 4. The molecular formula is C52H64BBr2IN10O8. The van der Waals surface area contributed by atoms with E-state index in [0.29, 0.717) is 76.3 Å². The lowest BCUT2D eigenvalue weighted by atomic mass is 9.78. The Morgan fingerprint density at radius 1 is 0.595 bits per heavy atom. The van der Waals surface area contributed by atoms with Crippen LogP contribution in [0.15, 0.2) is 94.7 Å². The fraction of sp³-hybridized carbons (Fsp3) is 0.462. The van der Waals surface area contributed by atoms with Gasteiger partial charge in [0.25, 0.3) is 11.8 Å². The van der Waals surface area contributed by atoms with Crippen molar-refractivity contribution in [2.75, 3.05) is 52.4 Å². The number of fused-ring (bicyclic) bond motifs is 2. The number of nitrogens with zero attached hydrogens (tertiary/aromatic N) is 10. The van der Waals surface area contributed by atoms with Crippen molar-refractivity contribution in [3.63, 3.8) is 0 Å². The Balaban J connectivity index is 0.000000179. The summed E-state index contributed by atoms with van der Waals surface area (Å²) in [6.45, 7) is 23.3. The van der Waals surface area contributed by atoms with Crippen molar-refractivity contribution in [2.24, 2.45) is 0 Å². The van der Waals surface area contributed by atoms with Crippen molar-refractivity contribution >= 4 is 102 Å². The van der Waals surface area contributed by atoms with Gasteiger partial charge in [0.2, 0.25) is 0 Å². The van der Waals surface area contributed by atoms with E-state index in [2.05, 4.69) is 74.6 Å². The van der Waals surface area contributed by atoms with E-state index in [0.717, 1.165) is 40.4 Å². The normalized spacial score (nSPS) is 16.9. The molecule has 18 nitrogen and oxygen atoms in total. The number of amides is 4. The number of benzene rings is 2. The summed E-state index contributed by atoms with van der Waals surface area (Å²) < 4.78 is 29.6. The molecule has 3 aliphatic heterocycles. The quantitative estimate of drug-likeness (QED) is 0.121. The molecule has 0 spiro atoms. The van der Waals surface area contributed by atoms with Gasteiger partial charge in [-0.25, -0.2) is 28.6 Å². The van der Waals surface area contributed by atoms with Crippen molar-refractivity contribution in [1.82, 2.24) is 48.8 Å². The minimum absolute atomic E-state index is 0.0428. The molecule has 4 aromatic heterocycles. The summed E-state index contributed by atoms with van der Waals surface area (Å²) in [4.78, 5) is 66.4. The third-order valence-corrected chi connectivity index (χ3v) is 14.4. The summed E-state index contributed by atoms with van der Waals surface area (Å²) in [5.41, 5.74) is 3.52. The number of rotatable bonds is 4. The topological polar surface area (TPSA) is 179 Å². The van der Waals surface area contributed by atoms with Crippen LogP contribution in [-0.2, 0) is 18.8 Å². The maximum Gasteiger partial charge on any atom is 0.494 e. The Morgan fingerprint density at radius 3 is 1.55 bits per heavy atom. The van der Waals surface area contributed by atoms with Gasteiger partial charge in [0.15, 0.2) is 11.3 Å². The molecule has 394 valence electrons. The summed E-state index contributed by atoms with van der Waals surface area (Å²) in [7, 11) is -0.510. The first-order valence-corrected chi connectivity index (χ1v) is 27.2. The van der Waals surface area contributed by atoms with E-state index in [-0.39, 0.29) is 24.0 Å². The fourth-order valence-corrected chi connectivity index (χ4v) is 10.2. The molecular weight excluding hydrogens is 1190 g/mol. The molecule has 7 heterocycles. The van der Waals surface area contributed by atoms with Crippen LogP contribution in [0.2, 0.25) is 0 Å². The number of halogens is 3. The van der Waals surface area contributed by atoms with E-state index in [1.165, 1.54) is 12.7 Å². The molecule has 0 bridgehead atoms. The summed E-state index contributed by atoms with van der Waals surface area (Å²) >= 11 is 9.17. The van der Waals surface area contributed by atoms with Crippen LogP contribution in [0.4, 0.5) is 9.59 Å². The molecule has 0 atom stereocenters. The largest absolute Gasteiger partial charge is 0.494 e. The highest BCUT2D eigenvalue weighted by Crippen LogP contribution is 2.36. The van der Waals surface area contributed by atoms with Crippen LogP contribution in [-0.4, -0.2) is 155 Å². The van der Waals surface area contributed by atoms with Crippen molar-refractivity contribution < 1.29 is 38.0 Å². The highest BCUT2D eigenvalue weighted by Gasteiger charge is 2.51. The SMILES string of the molecule is Brc1cc(I)cn2ncnc12.CC(C)(C)OC(=O)N1CCCN(C(=O)c2cccc(-c3cc(Br)c4ncnn4c3)c2)CC1.CC(C)(C)OC(=O)N1CCCN(C(=O)c2cccc(B3OC(C)(C)C(C)(C)O3)c2)CC1. The first-order valence-electron chi connectivity index (χ1n) is 24.5. The maximum absolute atomic E-state index is 13.2. The molecule has 6 aromatic rings. The van der Waals surface area contributed by atoms with Gasteiger partial charge < -0.3 is 38.4 Å². The van der Waals surface area contributed by atoms with E-state index in [1.807, 2.05) is 142 Å². The molecule has 74 heavy (non-hydrogen) atoms. The molecule has 3 aliphatic rings. The van der Waals surface area contributed by atoms with E-state index in [9.17, 15) is 19.2 Å². The first-order chi connectivity index (χ1) is 34.8. The summed E-state index contributed by atoms with van der Waals surface area (Å²) in [6.07, 6.45) is 7.62. The maximum atomic E-state index is 13.2. The molecule has 0 radical (unpaired) electrons. The molecule has 3 saturated heterocycles. The lowest BCUT2D eigenvalue weighted by molar-refractivity contribution is 0.00578. The molecule has 9 rings (SSSR count). The fourth-order valence-electron chi connectivity index (χ4n) is 8.15. The number of pyridine rings is 2. The van der Waals surface area contributed by atoms with Gasteiger partial charge >= 0.3 is 19.3 Å². The van der Waals surface area contributed by atoms with Crippen LogP contribution in [0.5, 0.6) is 0 Å². The second-order valence-electron chi connectivity index (χ2n) is 21.2. The van der Waals surface area contributed by atoms with Crippen molar-refractivity contribution in [3.8, 4) is 11.1 Å². The van der Waals surface area contributed by atoms with Gasteiger partial charge in [-0.2, -0.15) is 10.2 Å². The van der Waals surface area contributed by atoms with Gasteiger partial charge in [0.05, 0.1) is 20.1 Å². The molecule has 2 aromatic carbocycles. The zero-order valence-corrected chi connectivity index (χ0v) is 48.9. The van der Waals surface area contributed by atoms with E-state index < -0.39 is 29.5 Å². The first kappa shape index (κ1) is 56.6. The van der Waals surface area contributed by atoms with E-state index >= 15 is 0 Å². The van der Waals surface area contributed by atoms with Gasteiger partial charge in [-0.05, 0) is 184 Å². The van der Waals surface area contributed by atoms with Crippen LogP contribution in [0, 0.1) is 3.57 Å². The summed E-state index contributed by atoms with van der Waals surface area (Å²) in [6, 6.07) is 19.0. The smallest absolute Gasteiger partial charge is 0.444 e. The number of hydrogen-bond acceptors (Lipinski definition) is 12. The summed E-state index contributed by atoms with van der Waals surface area (Å²) in [5, 5.41) is 8.22. The molecule has 4 amide bonds. The molecule has 3 fully saturated rings. The van der Waals surface area contributed by atoms with Gasteiger partial charge in [0, 0.05) is 85.0 Å². The average molecular weight is 1250 g/mol. The predicted molar refractivity (Wildman–Crippen MR) is 298 cm³/mol. The zero-order chi connectivity index (χ0) is 53.8. The Kier molecular flexibility index (Phi) is 17.9. The van der Waals surface area contributed by atoms with Crippen molar-refractivity contribution in [3.05, 3.63) is 109 Å². The molecule has 0 saturated carbocycles. The van der Waals surface area contributed by atoms with Crippen LogP contribution >= 0.6 is 54.5 Å². The lowest BCUT2D eigenvalue weighted by Crippen LogP contribution is -2.41. The Hall–Kier alpha value is -5.17. The number of ether oxygens (including phenoxy) is 2. The van der Waals surface area contributed by atoms with Crippen LogP contribution in [0.3, 0.4) is 0 Å². The minimum atomic E-state index is -0.538. The van der Waals surface area contributed by atoms with E-state index in [4.69, 9.17) is 18.8 Å². The second-order valence-corrected chi connectivity index (χ2v) is 24.1. The predicted octanol–water partition coefficient (Wildman–Crippen LogP) is 9.41. The number of carbonyl (C=O) groups is 4.